The molecular formula is C15H12ClN3O3. The van der Waals surface area contributed by atoms with E-state index in [-0.39, 0.29) is 5.69 Å². The van der Waals surface area contributed by atoms with Crippen LogP contribution >= 0.6 is 11.6 Å². The molecule has 0 radical (unpaired) electrons. The molecule has 1 heterocycles. The lowest BCUT2D eigenvalue weighted by Gasteiger charge is -2.05. The van der Waals surface area contributed by atoms with Crippen LogP contribution in [0.2, 0.25) is 5.02 Å². The molecule has 3 aromatic rings. The van der Waals surface area contributed by atoms with Gasteiger partial charge in [-0.2, -0.15) is 0 Å². The lowest BCUT2D eigenvalue weighted by atomic mass is 10.1. The first-order chi connectivity index (χ1) is 10.6. The van der Waals surface area contributed by atoms with Crippen molar-refractivity contribution in [3.63, 3.8) is 0 Å². The summed E-state index contributed by atoms with van der Waals surface area (Å²) in [5, 5.41) is 9.14. The third-order valence-electron chi connectivity index (χ3n) is 3.39. The van der Waals surface area contributed by atoms with Crippen molar-refractivity contribution in [1.29, 1.82) is 0 Å². The Kier molecular flexibility index (Phi) is 3.70. The SMILES string of the molecule is O=C(NO)c1ccc(Cn2c(=O)[nH]c3cc(Cl)ccc32)cc1. The number of carbonyl (C=O) groups excluding carboxylic acids is 1. The van der Waals surface area contributed by atoms with Crippen LogP contribution in [-0.4, -0.2) is 20.7 Å². The van der Waals surface area contributed by atoms with E-state index in [2.05, 4.69) is 4.98 Å². The number of hydrogen-bond donors (Lipinski definition) is 3. The second kappa shape index (κ2) is 5.67. The largest absolute Gasteiger partial charge is 0.326 e. The number of imidazole rings is 1. The molecule has 0 aliphatic carbocycles. The van der Waals surface area contributed by atoms with Gasteiger partial charge in [-0.25, -0.2) is 10.3 Å². The van der Waals surface area contributed by atoms with Crippen LogP contribution in [0.1, 0.15) is 15.9 Å². The first-order valence-electron chi connectivity index (χ1n) is 6.50. The van der Waals surface area contributed by atoms with E-state index in [4.69, 9.17) is 16.8 Å². The van der Waals surface area contributed by atoms with Gasteiger partial charge in [-0.05, 0) is 35.9 Å². The van der Waals surface area contributed by atoms with Gasteiger partial charge in [0.05, 0.1) is 17.6 Å². The van der Waals surface area contributed by atoms with Crippen molar-refractivity contribution >= 4 is 28.5 Å². The summed E-state index contributed by atoms with van der Waals surface area (Å²) in [6.45, 7) is 0.363. The normalized spacial score (nSPS) is 10.8. The second-order valence-electron chi connectivity index (χ2n) is 4.82. The number of nitrogens with one attached hydrogen (secondary N) is 2. The minimum atomic E-state index is -0.578. The molecule has 0 saturated heterocycles. The third kappa shape index (κ3) is 2.61. The van der Waals surface area contributed by atoms with Crippen molar-refractivity contribution in [2.45, 2.75) is 6.54 Å². The monoisotopic (exact) mass is 317 g/mol. The van der Waals surface area contributed by atoms with Crippen molar-refractivity contribution < 1.29 is 10.0 Å². The number of aromatic nitrogens is 2. The molecule has 0 fully saturated rings. The predicted octanol–water partition coefficient (Wildman–Crippen LogP) is 2.15. The van der Waals surface area contributed by atoms with Crippen LogP contribution in [0.3, 0.4) is 0 Å². The number of hydroxylamine groups is 1. The van der Waals surface area contributed by atoms with E-state index in [1.165, 1.54) is 0 Å². The molecule has 112 valence electrons. The average Bonchev–Trinajstić information content (AvgIpc) is 2.82. The Morgan fingerprint density at radius 2 is 1.95 bits per heavy atom. The highest BCUT2D eigenvalue weighted by Gasteiger charge is 2.09. The van der Waals surface area contributed by atoms with Gasteiger partial charge in [0.25, 0.3) is 5.91 Å². The maximum atomic E-state index is 12.0. The molecule has 0 aliphatic rings. The second-order valence-corrected chi connectivity index (χ2v) is 5.25. The van der Waals surface area contributed by atoms with Gasteiger partial charge in [0.15, 0.2) is 0 Å². The van der Waals surface area contributed by atoms with Crippen molar-refractivity contribution in [2.75, 3.05) is 0 Å². The Morgan fingerprint density at radius 3 is 2.64 bits per heavy atom. The van der Waals surface area contributed by atoms with Crippen LogP contribution in [0.15, 0.2) is 47.3 Å². The molecule has 0 bridgehead atoms. The molecule has 3 N–H and O–H groups in total. The van der Waals surface area contributed by atoms with Gasteiger partial charge >= 0.3 is 5.69 Å². The van der Waals surface area contributed by atoms with E-state index >= 15 is 0 Å². The van der Waals surface area contributed by atoms with E-state index in [0.717, 1.165) is 11.1 Å². The van der Waals surface area contributed by atoms with Gasteiger partial charge in [0.2, 0.25) is 0 Å². The molecule has 22 heavy (non-hydrogen) atoms. The number of H-pyrrole nitrogens is 1. The molecule has 1 aromatic heterocycles. The van der Waals surface area contributed by atoms with E-state index in [0.29, 0.717) is 22.6 Å². The molecule has 0 atom stereocenters. The number of rotatable bonds is 3. The summed E-state index contributed by atoms with van der Waals surface area (Å²) in [7, 11) is 0. The number of carbonyl (C=O) groups is 1. The summed E-state index contributed by atoms with van der Waals surface area (Å²) in [4.78, 5) is 26.1. The predicted molar refractivity (Wildman–Crippen MR) is 82.4 cm³/mol. The average molecular weight is 318 g/mol. The van der Waals surface area contributed by atoms with Gasteiger partial charge in [-0.1, -0.05) is 23.7 Å². The van der Waals surface area contributed by atoms with E-state index in [9.17, 15) is 9.59 Å². The van der Waals surface area contributed by atoms with Crippen LogP contribution in [0.25, 0.3) is 11.0 Å². The lowest BCUT2D eigenvalue weighted by Crippen LogP contribution is -2.19. The number of fused-ring (bicyclic) bond motifs is 1. The Labute approximate surface area is 129 Å². The number of nitrogens with zero attached hydrogens (tertiary/aromatic N) is 1. The number of amides is 1. The van der Waals surface area contributed by atoms with Crippen molar-refractivity contribution in [2.24, 2.45) is 0 Å². The van der Waals surface area contributed by atoms with E-state index < -0.39 is 5.91 Å². The Bertz CT molecular complexity index is 897. The van der Waals surface area contributed by atoms with Crippen LogP contribution in [0.4, 0.5) is 0 Å². The molecule has 2 aromatic carbocycles. The standard InChI is InChI=1S/C15H12ClN3O3/c16-11-5-6-13-12(7-11)17-15(21)19(13)8-9-1-3-10(4-2-9)14(20)18-22/h1-7,22H,8H2,(H,17,21)(H,18,20). The van der Waals surface area contributed by atoms with Gasteiger partial charge in [0.1, 0.15) is 0 Å². The first-order valence-corrected chi connectivity index (χ1v) is 6.88. The zero-order valence-electron chi connectivity index (χ0n) is 11.3. The smallest absolute Gasteiger partial charge is 0.305 e. The number of hydrogen-bond acceptors (Lipinski definition) is 3. The summed E-state index contributed by atoms with van der Waals surface area (Å²) >= 11 is 5.91. The highest BCUT2D eigenvalue weighted by Crippen LogP contribution is 2.17. The van der Waals surface area contributed by atoms with Gasteiger partial charge in [-0.3, -0.25) is 14.6 Å². The van der Waals surface area contributed by atoms with Crippen molar-refractivity contribution in [3.05, 3.63) is 69.1 Å². The summed E-state index contributed by atoms with van der Waals surface area (Å²) < 4.78 is 1.59. The quantitative estimate of drug-likeness (QED) is 0.511. The number of halogens is 1. The molecule has 3 rings (SSSR count). The zero-order chi connectivity index (χ0) is 15.7. The molecule has 0 aliphatic heterocycles. The van der Waals surface area contributed by atoms with Gasteiger partial charge in [-0.15, -0.1) is 0 Å². The minimum absolute atomic E-state index is 0.227. The molecule has 6 nitrogen and oxygen atoms in total. The van der Waals surface area contributed by atoms with Gasteiger partial charge in [0, 0.05) is 10.6 Å². The number of benzene rings is 2. The lowest BCUT2D eigenvalue weighted by molar-refractivity contribution is 0.0706. The Hall–Kier alpha value is -2.57. The van der Waals surface area contributed by atoms with E-state index in [1.54, 1.807) is 52.5 Å². The van der Waals surface area contributed by atoms with Crippen molar-refractivity contribution in [3.8, 4) is 0 Å². The van der Waals surface area contributed by atoms with Crippen molar-refractivity contribution in [1.82, 2.24) is 15.0 Å². The Balaban J connectivity index is 1.95. The van der Waals surface area contributed by atoms with Crippen LogP contribution in [-0.2, 0) is 6.54 Å². The van der Waals surface area contributed by atoms with E-state index in [1.807, 2.05) is 0 Å². The molecular weight excluding hydrogens is 306 g/mol. The topological polar surface area (TPSA) is 87.1 Å². The molecule has 0 spiro atoms. The highest BCUT2D eigenvalue weighted by atomic mass is 35.5. The summed E-state index contributed by atoms with van der Waals surface area (Å²) in [6.07, 6.45) is 0. The fourth-order valence-electron chi connectivity index (χ4n) is 2.30. The summed E-state index contributed by atoms with van der Waals surface area (Å²) in [5.41, 5.74) is 3.97. The number of aromatic amines is 1. The highest BCUT2D eigenvalue weighted by molar-refractivity contribution is 6.31. The third-order valence-corrected chi connectivity index (χ3v) is 3.63. The molecule has 1 amide bonds. The Morgan fingerprint density at radius 1 is 1.23 bits per heavy atom. The van der Waals surface area contributed by atoms with Gasteiger partial charge < -0.3 is 4.98 Å². The van der Waals surface area contributed by atoms with Crippen LogP contribution < -0.4 is 11.2 Å². The molecule has 0 unspecified atom stereocenters. The molecule has 7 heteroatoms. The maximum absolute atomic E-state index is 12.0. The van der Waals surface area contributed by atoms with Crippen LogP contribution in [0, 0.1) is 0 Å². The summed E-state index contributed by atoms with van der Waals surface area (Å²) in [5.74, 6) is -0.578. The maximum Gasteiger partial charge on any atom is 0.326 e. The fraction of sp³-hybridized carbons (Fsp3) is 0.0667. The summed E-state index contributed by atoms with van der Waals surface area (Å²) in [6, 6.07) is 11.8. The van der Waals surface area contributed by atoms with Crippen LogP contribution in [0.5, 0.6) is 0 Å². The minimum Gasteiger partial charge on any atom is -0.305 e. The zero-order valence-corrected chi connectivity index (χ0v) is 12.1. The molecule has 0 saturated carbocycles. The fourth-order valence-corrected chi connectivity index (χ4v) is 2.47. The first kappa shape index (κ1) is 14.4.